The highest BCUT2D eigenvalue weighted by atomic mass is 32.2. The normalized spacial score (nSPS) is 11.6. The fourth-order valence-corrected chi connectivity index (χ4v) is 3.10. The highest BCUT2D eigenvalue weighted by molar-refractivity contribution is 8.00. The summed E-state index contributed by atoms with van der Waals surface area (Å²) in [5, 5.41) is 18.8. The summed E-state index contributed by atoms with van der Waals surface area (Å²) in [4.78, 5) is 0. The minimum absolute atomic E-state index is 0.00193. The summed E-state index contributed by atoms with van der Waals surface area (Å²) in [6, 6.07) is 7.43. The maximum atomic E-state index is 12.1. The number of thioether (sulfide) groups is 1. The lowest BCUT2D eigenvalue weighted by molar-refractivity contribution is -0.115. The van der Waals surface area contributed by atoms with Crippen LogP contribution in [-0.2, 0) is 12.4 Å². The number of aliphatic hydroxyl groups is 1. The number of halogens is 3. The summed E-state index contributed by atoms with van der Waals surface area (Å²) in [7, 11) is 0. The van der Waals surface area contributed by atoms with Gasteiger partial charge >= 0.3 is 6.18 Å². The Morgan fingerprint density at radius 3 is 2.43 bits per heavy atom. The van der Waals surface area contributed by atoms with Gasteiger partial charge in [0.15, 0.2) is 4.34 Å². The number of benzene rings is 1. The Morgan fingerprint density at radius 2 is 1.81 bits per heavy atom. The molecule has 0 fully saturated rings. The second-order valence-electron chi connectivity index (χ2n) is 4.11. The van der Waals surface area contributed by atoms with Gasteiger partial charge in [-0.05, 0) is 11.1 Å². The van der Waals surface area contributed by atoms with Gasteiger partial charge in [-0.3, -0.25) is 0 Å². The third-order valence-corrected chi connectivity index (χ3v) is 4.50. The van der Waals surface area contributed by atoms with Crippen molar-refractivity contribution >= 4 is 28.2 Å². The summed E-state index contributed by atoms with van der Waals surface area (Å²) in [6.07, 6.45) is -4.27. The molecule has 0 saturated carbocycles. The van der Waals surface area contributed by atoms with Crippen LogP contribution in [0.3, 0.4) is 0 Å². The quantitative estimate of drug-likeness (QED) is 0.793. The van der Waals surface area contributed by atoms with Crippen LogP contribution in [0.4, 0.5) is 18.3 Å². The highest BCUT2D eigenvalue weighted by Gasteiger charge is 2.27. The van der Waals surface area contributed by atoms with E-state index in [-0.39, 0.29) is 11.7 Å². The monoisotopic (exact) mass is 335 g/mol. The summed E-state index contributed by atoms with van der Waals surface area (Å²) < 4.78 is 36.8. The first-order chi connectivity index (χ1) is 9.96. The molecule has 0 amide bonds. The molecule has 0 saturated heterocycles. The number of nitrogens with one attached hydrogen (secondary N) is 1. The average Bonchev–Trinajstić information content (AvgIpc) is 2.91. The Balaban J connectivity index is 1.84. The highest BCUT2D eigenvalue weighted by Crippen LogP contribution is 2.29. The Labute approximate surface area is 127 Å². The Kier molecular flexibility index (Phi) is 5.43. The topological polar surface area (TPSA) is 58.0 Å². The number of nitrogens with zero attached hydrogens (tertiary/aromatic N) is 2. The SMILES string of the molecule is OCc1ccc(CSc2nnc(NCC(F)(F)F)s2)cc1. The molecule has 2 aromatic rings. The van der Waals surface area contributed by atoms with Gasteiger partial charge in [0.25, 0.3) is 0 Å². The molecule has 9 heteroatoms. The van der Waals surface area contributed by atoms with Crippen LogP contribution in [0.2, 0.25) is 0 Å². The number of alkyl halides is 3. The second kappa shape index (κ2) is 7.10. The fraction of sp³-hybridized carbons (Fsp3) is 0.333. The number of hydrogen-bond donors (Lipinski definition) is 2. The van der Waals surface area contributed by atoms with Crippen LogP contribution in [0, 0.1) is 0 Å². The van der Waals surface area contributed by atoms with Gasteiger partial charge in [0.1, 0.15) is 6.54 Å². The van der Waals surface area contributed by atoms with E-state index < -0.39 is 12.7 Å². The third kappa shape index (κ3) is 5.52. The molecule has 1 heterocycles. The van der Waals surface area contributed by atoms with Crippen LogP contribution in [0.5, 0.6) is 0 Å². The molecule has 0 aliphatic rings. The lowest BCUT2D eigenvalue weighted by Crippen LogP contribution is -2.21. The van der Waals surface area contributed by atoms with E-state index in [1.807, 2.05) is 24.3 Å². The van der Waals surface area contributed by atoms with Crippen molar-refractivity contribution < 1.29 is 18.3 Å². The van der Waals surface area contributed by atoms with Gasteiger partial charge in [-0.25, -0.2) is 0 Å². The van der Waals surface area contributed by atoms with E-state index in [1.165, 1.54) is 11.8 Å². The molecule has 0 aliphatic heterocycles. The Hall–Kier alpha value is -1.32. The first-order valence-electron chi connectivity index (χ1n) is 5.92. The van der Waals surface area contributed by atoms with Crippen molar-refractivity contribution in [2.45, 2.75) is 22.9 Å². The summed E-state index contributed by atoms with van der Waals surface area (Å²) in [6.45, 7) is -1.12. The molecule has 0 atom stereocenters. The molecule has 0 aliphatic carbocycles. The van der Waals surface area contributed by atoms with Crippen LogP contribution < -0.4 is 5.32 Å². The minimum Gasteiger partial charge on any atom is -0.392 e. The maximum absolute atomic E-state index is 12.1. The molecule has 0 unspecified atom stereocenters. The van der Waals surface area contributed by atoms with Crippen LogP contribution in [-0.4, -0.2) is 28.0 Å². The molecule has 0 radical (unpaired) electrons. The van der Waals surface area contributed by atoms with Crippen LogP contribution in [0.25, 0.3) is 0 Å². The van der Waals surface area contributed by atoms with Gasteiger partial charge in [0, 0.05) is 5.75 Å². The van der Waals surface area contributed by atoms with Crippen molar-refractivity contribution in [2.24, 2.45) is 0 Å². The predicted octanol–water partition coefficient (Wildman–Crippen LogP) is 3.30. The van der Waals surface area contributed by atoms with E-state index in [1.54, 1.807) is 0 Å². The number of rotatable bonds is 6. The molecule has 2 rings (SSSR count). The zero-order valence-corrected chi connectivity index (χ0v) is 12.4. The van der Waals surface area contributed by atoms with Crippen molar-refractivity contribution in [3.05, 3.63) is 35.4 Å². The van der Waals surface area contributed by atoms with E-state index in [2.05, 4.69) is 15.5 Å². The van der Waals surface area contributed by atoms with Crippen molar-refractivity contribution in [3.63, 3.8) is 0 Å². The molecule has 4 nitrogen and oxygen atoms in total. The zero-order chi connectivity index (χ0) is 15.3. The molecule has 1 aromatic heterocycles. The summed E-state index contributed by atoms with van der Waals surface area (Å²) in [5.41, 5.74) is 1.87. The molecule has 21 heavy (non-hydrogen) atoms. The van der Waals surface area contributed by atoms with Gasteiger partial charge in [-0.15, -0.1) is 10.2 Å². The standard InChI is InChI=1S/C12H12F3N3OS2/c13-12(14,15)7-16-10-17-18-11(21-10)20-6-9-3-1-8(5-19)2-4-9/h1-4,19H,5-7H2,(H,16,17). The van der Waals surface area contributed by atoms with Crippen molar-refractivity contribution in [2.75, 3.05) is 11.9 Å². The van der Waals surface area contributed by atoms with E-state index >= 15 is 0 Å². The smallest absolute Gasteiger partial charge is 0.392 e. The third-order valence-electron chi connectivity index (χ3n) is 2.41. The van der Waals surface area contributed by atoms with Gasteiger partial charge in [0.05, 0.1) is 6.61 Å². The number of hydrogen-bond acceptors (Lipinski definition) is 6. The van der Waals surface area contributed by atoms with Crippen LogP contribution >= 0.6 is 23.1 Å². The maximum Gasteiger partial charge on any atom is 0.405 e. The zero-order valence-electron chi connectivity index (χ0n) is 10.7. The molecular weight excluding hydrogens is 323 g/mol. The summed E-state index contributed by atoms with van der Waals surface area (Å²) >= 11 is 2.49. The van der Waals surface area contributed by atoms with Crippen LogP contribution in [0.15, 0.2) is 28.6 Å². The van der Waals surface area contributed by atoms with Crippen LogP contribution in [0.1, 0.15) is 11.1 Å². The molecule has 2 N–H and O–H groups in total. The average molecular weight is 335 g/mol. The van der Waals surface area contributed by atoms with E-state index in [4.69, 9.17) is 5.11 Å². The number of aromatic nitrogens is 2. The Morgan fingerprint density at radius 1 is 1.14 bits per heavy atom. The van der Waals surface area contributed by atoms with Gasteiger partial charge < -0.3 is 10.4 Å². The van der Waals surface area contributed by atoms with E-state index in [0.717, 1.165) is 22.5 Å². The van der Waals surface area contributed by atoms with Crippen molar-refractivity contribution in [1.29, 1.82) is 0 Å². The van der Waals surface area contributed by atoms with Gasteiger partial charge in [0.2, 0.25) is 5.13 Å². The molecule has 0 bridgehead atoms. The van der Waals surface area contributed by atoms with Crippen molar-refractivity contribution in [1.82, 2.24) is 10.2 Å². The molecule has 114 valence electrons. The second-order valence-corrected chi connectivity index (χ2v) is 6.31. The lowest BCUT2D eigenvalue weighted by atomic mass is 10.2. The number of anilines is 1. The van der Waals surface area contributed by atoms with Gasteiger partial charge in [-0.1, -0.05) is 47.4 Å². The molecule has 1 aromatic carbocycles. The summed E-state index contributed by atoms with van der Waals surface area (Å²) in [5.74, 6) is 0.639. The fourth-order valence-electron chi connectivity index (χ4n) is 1.40. The van der Waals surface area contributed by atoms with Gasteiger partial charge in [-0.2, -0.15) is 13.2 Å². The molecular formula is C12H12F3N3OS2. The van der Waals surface area contributed by atoms with Crippen molar-refractivity contribution in [3.8, 4) is 0 Å². The Bertz CT molecular complexity index is 572. The number of aliphatic hydroxyl groups excluding tert-OH is 1. The van der Waals surface area contributed by atoms with E-state index in [0.29, 0.717) is 10.1 Å². The lowest BCUT2D eigenvalue weighted by Gasteiger charge is -2.05. The first kappa shape index (κ1) is 16.1. The predicted molar refractivity (Wildman–Crippen MR) is 76.4 cm³/mol. The first-order valence-corrected chi connectivity index (χ1v) is 7.72. The minimum atomic E-state index is -4.27. The largest absolute Gasteiger partial charge is 0.405 e. The molecule has 0 spiro atoms. The van der Waals surface area contributed by atoms with E-state index in [9.17, 15) is 13.2 Å².